The van der Waals surface area contributed by atoms with Gasteiger partial charge >= 0.3 is 6.18 Å². The van der Waals surface area contributed by atoms with Crippen molar-refractivity contribution in [2.24, 2.45) is 10.9 Å². The largest absolute Gasteiger partial charge is 0.429 e. The van der Waals surface area contributed by atoms with Gasteiger partial charge in [0.2, 0.25) is 5.54 Å². The highest BCUT2D eigenvalue weighted by Gasteiger charge is 2.58. The fourth-order valence-corrected chi connectivity index (χ4v) is 2.47. The Morgan fingerprint density at radius 1 is 1.35 bits per heavy atom. The molecule has 1 N–H and O–H groups in total. The van der Waals surface area contributed by atoms with Crippen LogP contribution < -0.4 is 5.32 Å². The van der Waals surface area contributed by atoms with E-state index >= 15 is 0 Å². The average Bonchev–Trinajstić information content (AvgIpc) is 3.31. The van der Waals surface area contributed by atoms with Gasteiger partial charge < -0.3 is 5.32 Å². The molecular weight excluding hydrogens is 305 g/mol. The molecule has 6 heteroatoms. The SMILES string of the molecule is CCC1=NC(C#CC2CC2)(C(F)(F)F)c2ccccc2NC1=O. The number of rotatable bonds is 1. The molecule has 1 atom stereocenters. The Kier molecular flexibility index (Phi) is 3.67. The first-order valence-corrected chi connectivity index (χ1v) is 7.46. The fraction of sp³-hybridized carbons (Fsp3) is 0.412. The van der Waals surface area contributed by atoms with Gasteiger partial charge in [0, 0.05) is 17.2 Å². The number of hydrogen-bond acceptors (Lipinski definition) is 2. The summed E-state index contributed by atoms with van der Waals surface area (Å²) in [7, 11) is 0. The normalized spacial score (nSPS) is 23.8. The number of amides is 1. The summed E-state index contributed by atoms with van der Waals surface area (Å²) < 4.78 is 42.0. The molecule has 1 aromatic rings. The van der Waals surface area contributed by atoms with E-state index in [2.05, 4.69) is 22.2 Å². The summed E-state index contributed by atoms with van der Waals surface area (Å²) in [6, 6.07) is 5.84. The molecule has 3 nitrogen and oxygen atoms in total. The van der Waals surface area contributed by atoms with E-state index < -0.39 is 17.6 Å². The molecule has 3 rings (SSSR count). The summed E-state index contributed by atoms with van der Waals surface area (Å²) in [4.78, 5) is 15.9. The number of alkyl halides is 3. The molecule has 0 bridgehead atoms. The van der Waals surface area contributed by atoms with E-state index in [1.54, 1.807) is 13.0 Å². The van der Waals surface area contributed by atoms with Crippen molar-refractivity contribution in [3.05, 3.63) is 29.8 Å². The van der Waals surface area contributed by atoms with E-state index in [0.29, 0.717) is 0 Å². The van der Waals surface area contributed by atoms with E-state index in [0.717, 1.165) is 12.8 Å². The summed E-state index contributed by atoms with van der Waals surface area (Å²) in [5.41, 5.74) is -2.87. The van der Waals surface area contributed by atoms with Gasteiger partial charge in [0.25, 0.3) is 5.91 Å². The van der Waals surface area contributed by atoms with Gasteiger partial charge in [0.05, 0.1) is 0 Å². The molecule has 1 aromatic carbocycles. The molecule has 1 aliphatic heterocycles. The Morgan fingerprint density at radius 2 is 2.04 bits per heavy atom. The van der Waals surface area contributed by atoms with Gasteiger partial charge in [-0.15, -0.1) is 0 Å². The van der Waals surface area contributed by atoms with Crippen LogP contribution in [0.2, 0.25) is 0 Å². The molecule has 0 spiro atoms. The van der Waals surface area contributed by atoms with E-state index in [9.17, 15) is 18.0 Å². The van der Waals surface area contributed by atoms with Gasteiger partial charge in [-0.25, -0.2) is 0 Å². The molecule has 1 saturated carbocycles. The van der Waals surface area contributed by atoms with Crippen molar-refractivity contribution in [3.8, 4) is 11.8 Å². The second-order valence-electron chi connectivity index (χ2n) is 5.66. The second kappa shape index (κ2) is 5.41. The Hall–Kier alpha value is -2.29. The number of nitrogens with one attached hydrogen (secondary N) is 1. The number of fused-ring (bicyclic) bond motifs is 1. The third kappa shape index (κ3) is 2.72. The second-order valence-corrected chi connectivity index (χ2v) is 5.66. The first-order valence-electron chi connectivity index (χ1n) is 7.46. The van der Waals surface area contributed by atoms with E-state index in [-0.39, 0.29) is 29.3 Å². The average molecular weight is 320 g/mol. The quantitative estimate of drug-likeness (QED) is 0.788. The minimum absolute atomic E-state index is 0.00595. The summed E-state index contributed by atoms with van der Waals surface area (Å²) in [6.45, 7) is 1.60. The van der Waals surface area contributed by atoms with Crippen LogP contribution in [0.15, 0.2) is 29.3 Å². The number of hydrogen-bond donors (Lipinski definition) is 1. The van der Waals surface area contributed by atoms with Gasteiger partial charge in [0.15, 0.2) is 0 Å². The number of carbonyl (C=O) groups excluding carboxylic acids is 1. The van der Waals surface area contributed by atoms with Crippen LogP contribution in [0.3, 0.4) is 0 Å². The van der Waals surface area contributed by atoms with Crippen molar-refractivity contribution in [1.82, 2.24) is 0 Å². The first kappa shape index (κ1) is 15.6. The first-order chi connectivity index (χ1) is 10.9. The van der Waals surface area contributed by atoms with Gasteiger partial charge in [-0.1, -0.05) is 37.0 Å². The van der Waals surface area contributed by atoms with E-state index in [4.69, 9.17) is 0 Å². The van der Waals surface area contributed by atoms with Crippen LogP contribution in [0.25, 0.3) is 0 Å². The van der Waals surface area contributed by atoms with Crippen molar-refractivity contribution in [1.29, 1.82) is 0 Å². The highest BCUT2D eigenvalue weighted by molar-refractivity contribution is 6.43. The summed E-state index contributed by atoms with van der Waals surface area (Å²) in [5, 5.41) is 2.52. The number of benzene rings is 1. The number of aliphatic imine (C=N–C) groups is 1. The number of carbonyl (C=O) groups is 1. The van der Waals surface area contributed by atoms with Crippen LogP contribution in [0.1, 0.15) is 31.7 Å². The number of halogens is 3. The zero-order valence-electron chi connectivity index (χ0n) is 12.5. The van der Waals surface area contributed by atoms with Crippen molar-refractivity contribution in [2.45, 2.75) is 37.9 Å². The van der Waals surface area contributed by atoms with Crippen LogP contribution in [-0.4, -0.2) is 17.8 Å². The molecule has 23 heavy (non-hydrogen) atoms. The number of anilines is 1. The molecule has 0 radical (unpaired) electrons. The van der Waals surface area contributed by atoms with Crippen molar-refractivity contribution in [2.75, 3.05) is 5.32 Å². The van der Waals surface area contributed by atoms with Gasteiger partial charge in [-0.3, -0.25) is 9.79 Å². The zero-order chi connectivity index (χ0) is 16.7. The van der Waals surface area contributed by atoms with Crippen molar-refractivity contribution >= 4 is 17.3 Å². The van der Waals surface area contributed by atoms with Crippen molar-refractivity contribution < 1.29 is 18.0 Å². The molecule has 2 aliphatic rings. The third-order valence-corrected chi connectivity index (χ3v) is 3.91. The smallest absolute Gasteiger partial charge is 0.321 e. The lowest BCUT2D eigenvalue weighted by Gasteiger charge is -2.28. The maximum atomic E-state index is 14.0. The third-order valence-electron chi connectivity index (χ3n) is 3.91. The number of nitrogens with zero attached hydrogens (tertiary/aromatic N) is 1. The van der Waals surface area contributed by atoms with Crippen LogP contribution in [-0.2, 0) is 10.3 Å². The minimum Gasteiger partial charge on any atom is -0.321 e. The molecule has 0 aromatic heterocycles. The molecule has 1 aliphatic carbocycles. The highest BCUT2D eigenvalue weighted by atomic mass is 19.4. The lowest BCUT2D eigenvalue weighted by atomic mass is 9.88. The molecule has 120 valence electrons. The predicted molar refractivity (Wildman–Crippen MR) is 81.0 cm³/mol. The lowest BCUT2D eigenvalue weighted by Crippen LogP contribution is -2.40. The van der Waals surface area contributed by atoms with Gasteiger partial charge in [-0.05, 0) is 25.3 Å². The topological polar surface area (TPSA) is 41.5 Å². The molecule has 0 saturated heterocycles. The number of para-hydroxylation sites is 1. The highest BCUT2D eigenvalue weighted by Crippen LogP contribution is 2.46. The Balaban J connectivity index is 2.30. The molecule has 1 unspecified atom stereocenters. The standard InChI is InChI=1S/C17H15F3N2O/c1-2-13-15(23)21-14-6-4-3-5-12(14)16(22-13,17(18,19)20)10-9-11-7-8-11/h3-6,11H,2,7-8H2,1H3,(H,21,23). The molecule has 1 amide bonds. The molecule has 1 heterocycles. The summed E-state index contributed by atoms with van der Waals surface area (Å²) >= 11 is 0. The minimum atomic E-state index is -4.72. The molecular formula is C17H15F3N2O. The fourth-order valence-electron chi connectivity index (χ4n) is 2.47. The van der Waals surface area contributed by atoms with Crippen LogP contribution in [0.5, 0.6) is 0 Å². The monoisotopic (exact) mass is 320 g/mol. The Labute approximate surface area is 132 Å². The van der Waals surface area contributed by atoms with Gasteiger partial charge in [0.1, 0.15) is 5.71 Å². The van der Waals surface area contributed by atoms with Crippen LogP contribution >= 0.6 is 0 Å². The molecule has 1 fully saturated rings. The van der Waals surface area contributed by atoms with E-state index in [1.165, 1.54) is 18.2 Å². The van der Waals surface area contributed by atoms with Crippen LogP contribution in [0, 0.1) is 17.8 Å². The Bertz CT molecular complexity index is 738. The maximum Gasteiger partial charge on any atom is 0.429 e. The Morgan fingerprint density at radius 3 is 2.65 bits per heavy atom. The predicted octanol–water partition coefficient (Wildman–Crippen LogP) is 3.66. The lowest BCUT2D eigenvalue weighted by molar-refractivity contribution is -0.170. The van der Waals surface area contributed by atoms with Crippen LogP contribution in [0.4, 0.5) is 18.9 Å². The summed E-state index contributed by atoms with van der Waals surface area (Å²) in [6.07, 6.45) is -3.01. The van der Waals surface area contributed by atoms with Gasteiger partial charge in [-0.2, -0.15) is 13.2 Å². The van der Waals surface area contributed by atoms with E-state index in [1.807, 2.05) is 0 Å². The maximum absolute atomic E-state index is 14.0. The van der Waals surface area contributed by atoms with Crippen molar-refractivity contribution in [3.63, 3.8) is 0 Å². The summed E-state index contributed by atoms with van der Waals surface area (Å²) in [5.74, 6) is 4.43. The zero-order valence-corrected chi connectivity index (χ0v) is 12.5.